The SMILES string of the molecule is CO/N=C/CNC(=O)C(Oc1ccc2ncc(Br)cc2c1)SC. The van der Waals surface area contributed by atoms with Gasteiger partial charge in [0.25, 0.3) is 5.91 Å². The Hall–Kier alpha value is -1.80. The van der Waals surface area contributed by atoms with Crippen molar-refractivity contribution in [2.45, 2.75) is 5.44 Å². The van der Waals surface area contributed by atoms with Gasteiger partial charge in [0, 0.05) is 16.1 Å². The molecule has 0 saturated heterocycles. The van der Waals surface area contributed by atoms with E-state index in [-0.39, 0.29) is 12.5 Å². The number of oxime groups is 1. The van der Waals surface area contributed by atoms with Gasteiger partial charge >= 0.3 is 0 Å². The Morgan fingerprint density at radius 2 is 2.35 bits per heavy atom. The standard InChI is InChI=1S/C15H16BrN3O3S/c1-21-19-6-5-17-14(20)15(23-2)22-12-3-4-13-10(8-12)7-11(16)9-18-13/h3-4,6-9,15H,5H2,1-2H3,(H,17,20)/b19-6+. The normalized spacial score (nSPS) is 12.3. The van der Waals surface area contributed by atoms with E-state index in [1.807, 2.05) is 24.5 Å². The highest BCUT2D eigenvalue weighted by Gasteiger charge is 2.18. The van der Waals surface area contributed by atoms with Crippen molar-refractivity contribution in [1.29, 1.82) is 0 Å². The lowest BCUT2D eigenvalue weighted by Gasteiger charge is -2.16. The predicted octanol–water partition coefficient (Wildman–Crippen LogP) is 2.81. The molecule has 2 rings (SSSR count). The Morgan fingerprint density at radius 1 is 1.52 bits per heavy atom. The number of ether oxygens (including phenoxy) is 1. The third kappa shape index (κ3) is 5.11. The number of carbonyl (C=O) groups excluding carboxylic acids is 1. The molecule has 2 aromatic rings. The van der Waals surface area contributed by atoms with E-state index in [0.717, 1.165) is 15.4 Å². The van der Waals surface area contributed by atoms with E-state index in [4.69, 9.17) is 4.74 Å². The molecular formula is C15H16BrN3O3S. The van der Waals surface area contributed by atoms with E-state index in [1.54, 1.807) is 12.3 Å². The molecule has 0 spiro atoms. The summed E-state index contributed by atoms with van der Waals surface area (Å²) in [6, 6.07) is 7.46. The van der Waals surface area contributed by atoms with Gasteiger partial charge in [-0.05, 0) is 46.5 Å². The highest BCUT2D eigenvalue weighted by atomic mass is 79.9. The molecule has 1 aromatic carbocycles. The number of thioether (sulfide) groups is 1. The molecule has 8 heteroatoms. The number of nitrogens with one attached hydrogen (secondary N) is 1. The molecule has 122 valence electrons. The number of amides is 1. The first-order valence-electron chi connectivity index (χ1n) is 6.71. The number of rotatable bonds is 7. The molecule has 6 nitrogen and oxygen atoms in total. The minimum absolute atomic E-state index is 0.229. The molecular weight excluding hydrogens is 382 g/mol. The second-order valence-corrected chi connectivity index (χ2v) is 6.22. The van der Waals surface area contributed by atoms with E-state index in [1.165, 1.54) is 25.1 Å². The molecule has 1 unspecified atom stereocenters. The van der Waals surface area contributed by atoms with Crippen LogP contribution >= 0.6 is 27.7 Å². The lowest BCUT2D eigenvalue weighted by Crippen LogP contribution is -2.37. The van der Waals surface area contributed by atoms with Crippen LogP contribution in [0.3, 0.4) is 0 Å². The van der Waals surface area contributed by atoms with Crippen LogP contribution < -0.4 is 10.1 Å². The first-order valence-corrected chi connectivity index (χ1v) is 8.79. The van der Waals surface area contributed by atoms with Gasteiger partial charge in [0.15, 0.2) is 0 Å². The summed E-state index contributed by atoms with van der Waals surface area (Å²) in [7, 11) is 1.44. The van der Waals surface area contributed by atoms with Crippen molar-refractivity contribution in [1.82, 2.24) is 10.3 Å². The Bertz CT molecular complexity index is 711. The van der Waals surface area contributed by atoms with Gasteiger partial charge in [-0.15, -0.1) is 11.8 Å². The average Bonchev–Trinajstić information content (AvgIpc) is 2.56. The number of fused-ring (bicyclic) bond motifs is 1. The van der Waals surface area contributed by atoms with Crippen LogP contribution in [0.1, 0.15) is 0 Å². The number of nitrogens with zero attached hydrogens (tertiary/aromatic N) is 2. The summed E-state index contributed by atoms with van der Waals surface area (Å²) < 4.78 is 6.65. The van der Waals surface area contributed by atoms with Crippen molar-refractivity contribution in [3.63, 3.8) is 0 Å². The number of halogens is 1. The molecule has 1 aromatic heterocycles. The van der Waals surface area contributed by atoms with Gasteiger partial charge in [0.05, 0.1) is 18.3 Å². The van der Waals surface area contributed by atoms with Gasteiger partial charge in [-0.3, -0.25) is 9.78 Å². The van der Waals surface area contributed by atoms with Crippen LogP contribution in [0.25, 0.3) is 10.9 Å². The Labute approximate surface area is 146 Å². The topological polar surface area (TPSA) is 72.8 Å². The van der Waals surface area contributed by atoms with Gasteiger partial charge in [-0.2, -0.15) is 0 Å². The summed E-state index contributed by atoms with van der Waals surface area (Å²) in [4.78, 5) is 20.9. The lowest BCUT2D eigenvalue weighted by atomic mass is 10.2. The zero-order valence-corrected chi connectivity index (χ0v) is 15.1. The van der Waals surface area contributed by atoms with E-state index in [9.17, 15) is 4.79 Å². The Kier molecular flexibility index (Phi) is 6.66. The van der Waals surface area contributed by atoms with Crippen LogP contribution in [0.4, 0.5) is 0 Å². The molecule has 0 radical (unpaired) electrons. The van der Waals surface area contributed by atoms with Gasteiger partial charge in [0.2, 0.25) is 5.44 Å². The highest BCUT2D eigenvalue weighted by Crippen LogP contribution is 2.24. The van der Waals surface area contributed by atoms with Crippen LogP contribution in [0.5, 0.6) is 5.75 Å². The average molecular weight is 398 g/mol. The molecule has 0 bridgehead atoms. The van der Waals surface area contributed by atoms with Crippen molar-refractivity contribution in [2.75, 3.05) is 19.9 Å². The smallest absolute Gasteiger partial charge is 0.272 e. The van der Waals surface area contributed by atoms with Gasteiger partial charge in [-0.25, -0.2) is 0 Å². The lowest BCUT2D eigenvalue weighted by molar-refractivity contribution is -0.124. The molecule has 0 aliphatic heterocycles. The van der Waals surface area contributed by atoms with Gasteiger partial charge in [-0.1, -0.05) is 5.16 Å². The number of pyridine rings is 1. The van der Waals surface area contributed by atoms with E-state index in [2.05, 4.69) is 36.2 Å². The summed E-state index contributed by atoms with van der Waals surface area (Å²) in [6.45, 7) is 0.279. The summed E-state index contributed by atoms with van der Waals surface area (Å²) in [5, 5.41) is 7.19. The van der Waals surface area contributed by atoms with E-state index in [0.29, 0.717) is 5.75 Å². The third-order valence-electron chi connectivity index (χ3n) is 2.84. The third-order valence-corrected chi connectivity index (χ3v) is 4.01. The monoisotopic (exact) mass is 397 g/mol. The number of carbonyl (C=O) groups is 1. The molecule has 0 fully saturated rings. The number of hydrogen-bond donors (Lipinski definition) is 1. The summed E-state index contributed by atoms with van der Waals surface area (Å²) in [5.74, 6) is 0.380. The molecule has 1 amide bonds. The van der Waals surface area contributed by atoms with E-state index >= 15 is 0 Å². The van der Waals surface area contributed by atoms with Crippen LogP contribution in [0, 0.1) is 0 Å². The molecule has 23 heavy (non-hydrogen) atoms. The number of benzene rings is 1. The quantitative estimate of drug-likeness (QED) is 0.441. The first kappa shape index (κ1) is 17.6. The maximum absolute atomic E-state index is 12.1. The van der Waals surface area contributed by atoms with Crippen LogP contribution in [0.15, 0.2) is 40.1 Å². The summed E-state index contributed by atoms with van der Waals surface area (Å²) in [5.41, 5.74) is 0.213. The van der Waals surface area contributed by atoms with Gasteiger partial charge < -0.3 is 14.9 Å². The molecule has 0 saturated carbocycles. The summed E-state index contributed by atoms with van der Waals surface area (Å²) in [6.07, 6.45) is 5.02. The fourth-order valence-electron chi connectivity index (χ4n) is 1.83. The minimum atomic E-state index is -0.650. The summed E-state index contributed by atoms with van der Waals surface area (Å²) >= 11 is 4.70. The predicted molar refractivity (Wildman–Crippen MR) is 95.9 cm³/mol. The number of hydrogen-bond acceptors (Lipinski definition) is 6. The molecule has 1 atom stereocenters. The van der Waals surface area contributed by atoms with Crippen LogP contribution in [-0.2, 0) is 9.63 Å². The fourth-order valence-corrected chi connectivity index (χ4v) is 2.68. The fraction of sp³-hybridized carbons (Fsp3) is 0.267. The van der Waals surface area contributed by atoms with E-state index < -0.39 is 5.44 Å². The Morgan fingerprint density at radius 3 is 3.09 bits per heavy atom. The van der Waals surface area contributed by atoms with Crippen LogP contribution in [-0.4, -0.2) is 42.5 Å². The maximum Gasteiger partial charge on any atom is 0.272 e. The molecule has 1 N–H and O–H groups in total. The van der Waals surface area contributed by atoms with Gasteiger partial charge in [0.1, 0.15) is 12.9 Å². The zero-order chi connectivity index (χ0) is 16.7. The molecule has 0 aliphatic carbocycles. The van der Waals surface area contributed by atoms with Crippen molar-refractivity contribution >= 4 is 50.7 Å². The van der Waals surface area contributed by atoms with Crippen LogP contribution in [0.2, 0.25) is 0 Å². The molecule has 0 aliphatic rings. The van der Waals surface area contributed by atoms with Crippen molar-refractivity contribution in [3.8, 4) is 5.75 Å². The maximum atomic E-state index is 12.1. The van der Waals surface area contributed by atoms with Crippen molar-refractivity contribution in [3.05, 3.63) is 34.9 Å². The van der Waals surface area contributed by atoms with Crippen molar-refractivity contribution < 1.29 is 14.4 Å². The largest absolute Gasteiger partial charge is 0.470 e. The second kappa shape index (κ2) is 8.73. The zero-order valence-electron chi connectivity index (χ0n) is 12.7. The first-order chi connectivity index (χ1) is 11.1. The Balaban J connectivity index is 2.05. The minimum Gasteiger partial charge on any atom is -0.470 e. The second-order valence-electron chi connectivity index (χ2n) is 4.41. The number of aromatic nitrogens is 1. The molecule has 1 heterocycles. The highest BCUT2D eigenvalue weighted by molar-refractivity contribution is 9.10. The van der Waals surface area contributed by atoms with Crippen molar-refractivity contribution in [2.24, 2.45) is 5.16 Å².